The van der Waals surface area contributed by atoms with Gasteiger partial charge in [0.25, 0.3) is 5.91 Å². The van der Waals surface area contributed by atoms with Crippen molar-refractivity contribution in [3.8, 4) is 5.75 Å². The van der Waals surface area contributed by atoms with Crippen molar-refractivity contribution in [2.75, 3.05) is 13.2 Å². The van der Waals surface area contributed by atoms with Crippen molar-refractivity contribution < 1.29 is 14.4 Å². The molecule has 0 aliphatic heterocycles. The predicted molar refractivity (Wildman–Crippen MR) is 118 cm³/mol. The van der Waals surface area contributed by atoms with Crippen LogP contribution in [-0.4, -0.2) is 34.7 Å². The van der Waals surface area contributed by atoms with Crippen molar-refractivity contribution >= 4 is 27.5 Å². The van der Waals surface area contributed by atoms with E-state index >= 15 is 0 Å². The summed E-state index contributed by atoms with van der Waals surface area (Å²) in [5, 5.41) is 6.96. The minimum atomic E-state index is -0.176. The van der Waals surface area contributed by atoms with Crippen LogP contribution in [0.5, 0.6) is 5.75 Å². The molecule has 0 atom stereocenters. The second kappa shape index (κ2) is 11.2. The third kappa shape index (κ3) is 7.04. The molecule has 30 heavy (non-hydrogen) atoms. The van der Waals surface area contributed by atoms with Crippen LogP contribution in [0.2, 0.25) is 0 Å². The molecule has 7 nitrogen and oxygen atoms in total. The van der Waals surface area contributed by atoms with Crippen LogP contribution < -0.4 is 10.1 Å². The number of halogens is 1. The Kier molecular flexibility index (Phi) is 8.02. The fraction of sp³-hybridized carbons (Fsp3) is 0.227. The van der Waals surface area contributed by atoms with Gasteiger partial charge in [-0.2, -0.15) is 0 Å². The third-order valence-electron chi connectivity index (χ3n) is 4.23. The number of aromatic amines is 1. The van der Waals surface area contributed by atoms with E-state index < -0.39 is 0 Å². The first-order valence-corrected chi connectivity index (χ1v) is 10.3. The zero-order valence-electron chi connectivity index (χ0n) is 16.6. The Morgan fingerprint density at radius 1 is 1.17 bits per heavy atom. The van der Waals surface area contributed by atoms with Crippen molar-refractivity contribution in [2.24, 2.45) is 5.16 Å². The summed E-state index contributed by atoms with van der Waals surface area (Å²) in [6.07, 6.45) is 4.09. The van der Waals surface area contributed by atoms with Gasteiger partial charge in [0.1, 0.15) is 18.2 Å². The predicted octanol–water partition coefficient (Wildman–Crippen LogP) is 3.85. The highest BCUT2D eigenvalue weighted by molar-refractivity contribution is 9.10. The monoisotopic (exact) mass is 470 g/mol. The number of oxime groups is 1. The maximum atomic E-state index is 11.9. The molecule has 3 rings (SSSR count). The average molecular weight is 471 g/mol. The Labute approximate surface area is 183 Å². The van der Waals surface area contributed by atoms with E-state index in [1.165, 1.54) is 0 Å². The van der Waals surface area contributed by atoms with Crippen LogP contribution in [-0.2, 0) is 22.7 Å². The van der Waals surface area contributed by atoms with Crippen LogP contribution in [0.3, 0.4) is 0 Å². The molecule has 156 valence electrons. The van der Waals surface area contributed by atoms with Gasteiger partial charge in [0.05, 0.1) is 5.71 Å². The highest BCUT2D eigenvalue weighted by Crippen LogP contribution is 2.14. The number of carbonyl (C=O) groups excluding carboxylic acids is 1. The van der Waals surface area contributed by atoms with Crippen molar-refractivity contribution in [1.82, 2.24) is 15.3 Å². The number of amides is 1. The molecule has 2 N–H and O–H groups in total. The van der Waals surface area contributed by atoms with E-state index in [1.807, 2.05) is 43.3 Å². The summed E-state index contributed by atoms with van der Waals surface area (Å²) < 4.78 is 6.56. The first-order valence-electron chi connectivity index (χ1n) is 9.49. The van der Waals surface area contributed by atoms with Gasteiger partial charge in [0.2, 0.25) is 0 Å². The molecule has 1 heterocycles. The molecule has 0 radical (unpaired) electrons. The Hall–Kier alpha value is -3.13. The van der Waals surface area contributed by atoms with Crippen LogP contribution in [0.25, 0.3) is 0 Å². The number of H-pyrrole nitrogens is 1. The van der Waals surface area contributed by atoms with E-state index in [2.05, 4.69) is 36.4 Å². The maximum absolute atomic E-state index is 11.9. The van der Waals surface area contributed by atoms with Gasteiger partial charge in [-0.25, -0.2) is 4.98 Å². The van der Waals surface area contributed by atoms with Gasteiger partial charge in [-0.1, -0.05) is 33.2 Å². The minimum absolute atomic E-state index is 0.0408. The summed E-state index contributed by atoms with van der Waals surface area (Å²) in [5.74, 6) is 1.28. The van der Waals surface area contributed by atoms with Gasteiger partial charge in [-0.05, 0) is 54.4 Å². The number of nitrogens with one attached hydrogen (secondary N) is 2. The first-order chi connectivity index (χ1) is 14.6. The van der Waals surface area contributed by atoms with E-state index in [1.54, 1.807) is 24.5 Å². The van der Waals surface area contributed by atoms with Crippen molar-refractivity contribution in [3.63, 3.8) is 0 Å². The van der Waals surface area contributed by atoms with E-state index in [0.717, 1.165) is 27.1 Å². The van der Waals surface area contributed by atoms with Crippen LogP contribution in [0.4, 0.5) is 0 Å². The Morgan fingerprint density at radius 3 is 2.63 bits per heavy atom. The number of rotatable bonds is 10. The topological polar surface area (TPSA) is 88.6 Å². The number of aromatic nitrogens is 2. The van der Waals surface area contributed by atoms with Crippen LogP contribution in [0, 0.1) is 0 Å². The summed E-state index contributed by atoms with van der Waals surface area (Å²) in [6, 6.07) is 15.3. The summed E-state index contributed by atoms with van der Waals surface area (Å²) >= 11 is 3.41. The number of hydrogen-bond acceptors (Lipinski definition) is 5. The zero-order chi connectivity index (χ0) is 21.2. The second-order valence-corrected chi connectivity index (χ2v) is 7.44. The fourth-order valence-corrected chi connectivity index (χ4v) is 2.85. The van der Waals surface area contributed by atoms with E-state index in [-0.39, 0.29) is 12.5 Å². The molecule has 0 spiro atoms. The lowest BCUT2D eigenvalue weighted by atomic mass is 10.1. The van der Waals surface area contributed by atoms with Gasteiger partial charge in [-0.3, -0.25) is 4.79 Å². The number of benzene rings is 2. The lowest BCUT2D eigenvalue weighted by Gasteiger charge is -2.08. The first kappa shape index (κ1) is 21.6. The molecule has 3 aromatic rings. The van der Waals surface area contributed by atoms with Crippen molar-refractivity contribution in [1.29, 1.82) is 0 Å². The minimum Gasteiger partial charge on any atom is -0.484 e. The highest BCUT2D eigenvalue weighted by Gasteiger charge is 2.05. The summed E-state index contributed by atoms with van der Waals surface area (Å²) in [4.78, 5) is 24.4. The molecule has 0 fully saturated rings. The van der Waals surface area contributed by atoms with E-state index in [4.69, 9.17) is 9.57 Å². The normalized spacial score (nSPS) is 11.2. The van der Waals surface area contributed by atoms with Gasteiger partial charge in [0, 0.05) is 29.8 Å². The van der Waals surface area contributed by atoms with Gasteiger partial charge in [0.15, 0.2) is 6.61 Å². The smallest absolute Gasteiger partial charge is 0.257 e. The third-order valence-corrected chi connectivity index (χ3v) is 4.76. The Morgan fingerprint density at radius 2 is 1.93 bits per heavy atom. The molecule has 0 saturated carbocycles. The molecular weight excluding hydrogens is 448 g/mol. The number of nitrogens with zero attached hydrogens (tertiary/aromatic N) is 2. The van der Waals surface area contributed by atoms with Crippen LogP contribution in [0.1, 0.15) is 23.9 Å². The molecular formula is C22H23BrN4O3. The summed E-state index contributed by atoms with van der Waals surface area (Å²) in [7, 11) is 0. The highest BCUT2D eigenvalue weighted by atomic mass is 79.9. The molecule has 2 aromatic carbocycles. The number of hydrogen-bond donors (Lipinski definition) is 2. The number of carbonyl (C=O) groups is 1. The molecule has 0 saturated heterocycles. The molecule has 0 aliphatic carbocycles. The van der Waals surface area contributed by atoms with E-state index in [0.29, 0.717) is 25.3 Å². The molecule has 0 aliphatic rings. The quantitative estimate of drug-likeness (QED) is 0.347. The molecule has 1 amide bonds. The van der Waals surface area contributed by atoms with Gasteiger partial charge >= 0.3 is 0 Å². The SMILES string of the molecule is CC(=NOCc1ccc(Br)cc1)c1ccc(OCC(=O)NCCc2ncc[nH]2)cc1. The van der Waals surface area contributed by atoms with Crippen molar-refractivity contribution in [3.05, 3.63) is 82.3 Å². The molecule has 0 bridgehead atoms. The van der Waals surface area contributed by atoms with Crippen LogP contribution >= 0.6 is 15.9 Å². The summed E-state index contributed by atoms with van der Waals surface area (Å²) in [6.45, 7) is 2.75. The Bertz CT molecular complexity index is 955. The fourth-order valence-electron chi connectivity index (χ4n) is 2.58. The number of imidazole rings is 1. The van der Waals surface area contributed by atoms with E-state index in [9.17, 15) is 4.79 Å². The van der Waals surface area contributed by atoms with Gasteiger partial charge in [-0.15, -0.1) is 0 Å². The van der Waals surface area contributed by atoms with Crippen molar-refractivity contribution in [2.45, 2.75) is 20.0 Å². The standard InChI is InChI=1S/C22H23BrN4O3/c1-16(27-30-14-17-2-6-19(23)7-3-17)18-4-8-20(9-5-18)29-15-22(28)26-11-10-21-24-12-13-25-21/h2-9,12-13H,10-11,14-15H2,1H3,(H,24,25)(H,26,28). The maximum Gasteiger partial charge on any atom is 0.257 e. The zero-order valence-corrected chi connectivity index (χ0v) is 18.2. The largest absolute Gasteiger partial charge is 0.484 e. The lowest BCUT2D eigenvalue weighted by Crippen LogP contribution is -2.30. The molecule has 0 unspecified atom stereocenters. The Balaban J connectivity index is 1.39. The summed E-state index contributed by atoms with van der Waals surface area (Å²) in [5.41, 5.74) is 2.72. The average Bonchev–Trinajstić information content (AvgIpc) is 3.27. The number of ether oxygens (including phenoxy) is 1. The van der Waals surface area contributed by atoms with Crippen LogP contribution in [0.15, 0.2) is 70.6 Å². The lowest BCUT2D eigenvalue weighted by molar-refractivity contribution is -0.123. The molecule has 1 aromatic heterocycles. The second-order valence-electron chi connectivity index (χ2n) is 6.53. The van der Waals surface area contributed by atoms with Gasteiger partial charge < -0.3 is 19.9 Å². The molecule has 8 heteroatoms.